The van der Waals surface area contributed by atoms with Crippen molar-refractivity contribution in [3.8, 4) is 0 Å². The maximum absolute atomic E-state index is 11.1. The summed E-state index contributed by atoms with van der Waals surface area (Å²) < 4.78 is 0. The summed E-state index contributed by atoms with van der Waals surface area (Å²) in [5, 5.41) is 8.91. The molecule has 0 aliphatic carbocycles. The molecule has 3 heteroatoms. The Morgan fingerprint density at radius 1 is 1.67 bits per heavy atom. The molecule has 0 aromatic carbocycles. The molecule has 1 aliphatic heterocycles. The molecule has 0 saturated carbocycles. The van der Waals surface area contributed by atoms with Crippen LogP contribution in [0, 0.1) is 0 Å². The fourth-order valence-electron chi connectivity index (χ4n) is 1.73. The molecule has 0 aromatic heterocycles. The van der Waals surface area contributed by atoms with Gasteiger partial charge in [0.2, 0.25) is 5.91 Å². The van der Waals surface area contributed by atoms with Crippen molar-refractivity contribution in [2.24, 2.45) is 0 Å². The van der Waals surface area contributed by atoms with Crippen molar-refractivity contribution in [3.63, 3.8) is 0 Å². The summed E-state index contributed by atoms with van der Waals surface area (Å²) in [7, 11) is 0. The van der Waals surface area contributed by atoms with E-state index in [2.05, 4.69) is 6.92 Å². The van der Waals surface area contributed by atoms with Crippen LogP contribution in [0.1, 0.15) is 39.0 Å². The third-order valence-corrected chi connectivity index (χ3v) is 2.50. The zero-order valence-corrected chi connectivity index (χ0v) is 7.62. The van der Waals surface area contributed by atoms with Crippen molar-refractivity contribution < 1.29 is 9.90 Å². The number of carbonyl (C=O) groups excluding carboxylic acids is 1. The molecule has 1 atom stereocenters. The molecule has 1 rings (SSSR count). The van der Waals surface area contributed by atoms with Gasteiger partial charge in [-0.15, -0.1) is 0 Å². The van der Waals surface area contributed by atoms with Crippen molar-refractivity contribution in [2.75, 3.05) is 6.73 Å². The minimum atomic E-state index is -0.104. The van der Waals surface area contributed by atoms with Crippen LogP contribution in [-0.4, -0.2) is 28.7 Å². The number of likely N-dealkylation sites (tertiary alicyclic amines) is 1. The summed E-state index contributed by atoms with van der Waals surface area (Å²) in [4.78, 5) is 12.7. The SMILES string of the molecule is CCCC[C@@H]1CCC(=O)N1CO. The van der Waals surface area contributed by atoms with Gasteiger partial charge in [-0.3, -0.25) is 4.79 Å². The molecule has 1 heterocycles. The lowest BCUT2D eigenvalue weighted by atomic mass is 10.1. The van der Waals surface area contributed by atoms with Crippen LogP contribution < -0.4 is 0 Å². The smallest absolute Gasteiger partial charge is 0.224 e. The molecular weight excluding hydrogens is 154 g/mol. The van der Waals surface area contributed by atoms with Gasteiger partial charge >= 0.3 is 0 Å². The number of hydrogen-bond donors (Lipinski definition) is 1. The van der Waals surface area contributed by atoms with Crippen LogP contribution in [-0.2, 0) is 4.79 Å². The van der Waals surface area contributed by atoms with Crippen LogP contribution in [0.3, 0.4) is 0 Å². The van der Waals surface area contributed by atoms with Crippen LogP contribution >= 0.6 is 0 Å². The predicted molar refractivity (Wildman–Crippen MR) is 46.5 cm³/mol. The Morgan fingerprint density at radius 2 is 2.42 bits per heavy atom. The first-order valence-corrected chi connectivity index (χ1v) is 4.70. The molecule has 0 spiro atoms. The lowest BCUT2D eigenvalue weighted by molar-refractivity contribution is -0.132. The highest BCUT2D eigenvalue weighted by molar-refractivity contribution is 5.78. The van der Waals surface area contributed by atoms with E-state index in [1.54, 1.807) is 4.90 Å². The van der Waals surface area contributed by atoms with Crippen molar-refractivity contribution in [3.05, 3.63) is 0 Å². The second-order valence-corrected chi connectivity index (χ2v) is 3.34. The highest BCUT2D eigenvalue weighted by atomic mass is 16.3. The van der Waals surface area contributed by atoms with Gasteiger partial charge in [0, 0.05) is 12.5 Å². The topological polar surface area (TPSA) is 40.5 Å². The minimum absolute atomic E-state index is 0.104. The van der Waals surface area contributed by atoms with E-state index in [-0.39, 0.29) is 12.6 Å². The molecule has 12 heavy (non-hydrogen) atoms. The highest BCUT2D eigenvalue weighted by Gasteiger charge is 2.29. The van der Waals surface area contributed by atoms with Crippen molar-refractivity contribution in [1.82, 2.24) is 4.90 Å². The molecule has 1 aliphatic rings. The van der Waals surface area contributed by atoms with Gasteiger partial charge in [0.05, 0.1) is 0 Å². The third-order valence-electron chi connectivity index (χ3n) is 2.50. The number of hydrogen-bond acceptors (Lipinski definition) is 2. The summed E-state index contributed by atoms with van der Waals surface area (Å²) in [6.45, 7) is 2.03. The minimum Gasteiger partial charge on any atom is -0.376 e. The van der Waals surface area contributed by atoms with Crippen molar-refractivity contribution in [2.45, 2.75) is 45.1 Å². The number of amides is 1. The first kappa shape index (κ1) is 9.52. The Morgan fingerprint density at radius 3 is 3.00 bits per heavy atom. The van der Waals surface area contributed by atoms with Crippen LogP contribution in [0.25, 0.3) is 0 Å². The second-order valence-electron chi connectivity index (χ2n) is 3.34. The van der Waals surface area contributed by atoms with E-state index in [0.29, 0.717) is 12.5 Å². The lowest BCUT2D eigenvalue weighted by Crippen LogP contribution is -2.33. The lowest BCUT2D eigenvalue weighted by Gasteiger charge is -2.21. The van der Waals surface area contributed by atoms with E-state index < -0.39 is 0 Å². The van der Waals surface area contributed by atoms with E-state index in [9.17, 15) is 4.79 Å². The van der Waals surface area contributed by atoms with Crippen LogP contribution in [0.15, 0.2) is 0 Å². The Bertz CT molecular complexity index is 159. The van der Waals surface area contributed by atoms with Crippen LogP contribution in [0.2, 0.25) is 0 Å². The Kier molecular flexibility index (Phi) is 3.53. The van der Waals surface area contributed by atoms with Gasteiger partial charge in [0.25, 0.3) is 0 Å². The largest absolute Gasteiger partial charge is 0.376 e. The molecule has 0 radical (unpaired) electrons. The number of nitrogens with zero attached hydrogens (tertiary/aromatic N) is 1. The molecule has 70 valence electrons. The van der Waals surface area contributed by atoms with E-state index in [1.807, 2.05) is 0 Å². The second kappa shape index (κ2) is 4.45. The number of unbranched alkanes of at least 4 members (excludes halogenated alkanes) is 1. The molecule has 1 saturated heterocycles. The van der Waals surface area contributed by atoms with Gasteiger partial charge in [0.1, 0.15) is 6.73 Å². The van der Waals surface area contributed by atoms with Crippen molar-refractivity contribution in [1.29, 1.82) is 0 Å². The van der Waals surface area contributed by atoms with Gasteiger partial charge in [-0.25, -0.2) is 0 Å². The zero-order chi connectivity index (χ0) is 8.97. The fourth-order valence-corrected chi connectivity index (χ4v) is 1.73. The average molecular weight is 171 g/mol. The highest BCUT2D eigenvalue weighted by Crippen LogP contribution is 2.21. The monoisotopic (exact) mass is 171 g/mol. The van der Waals surface area contributed by atoms with Gasteiger partial charge in [-0.05, 0) is 12.8 Å². The fraction of sp³-hybridized carbons (Fsp3) is 0.889. The maximum Gasteiger partial charge on any atom is 0.224 e. The molecular formula is C9H17NO2. The van der Waals surface area contributed by atoms with Gasteiger partial charge in [-0.1, -0.05) is 19.8 Å². The maximum atomic E-state index is 11.1. The molecule has 1 N–H and O–H groups in total. The average Bonchev–Trinajstić information content (AvgIpc) is 2.43. The first-order chi connectivity index (χ1) is 5.79. The molecule has 0 unspecified atom stereocenters. The number of aliphatic hydroxyl groups excluding tert-OH is 1. The summed E-state index contributed by atoms with van der Waals surface area (Å²) in [5.41, 5.74) is 0. The molecule has 3 nitrogen and oxygen atoms in total. The number of aliphatic hydroxyl groups is 1. The summed E-state index contributed by atoms with van der Waals surface area (Å²) in [6, 6.07) is 0.308. The Labute approximate surface area is 73.4 Å². The summed E-state index contributed by atoms with van der Waals surface area (Å²) >= 11 is 0. The summed E-state index contributed by atoms with van der Waals surface area (Å²) in [6.07, 6.45) is 4.90. The predicted octanol–water partition coefficient (Wildman–Crippen LogP) is 1.12. The Hall–Kier alpha value is -0.570. The van der Waals surface area contributed by atoms with Crippen LogP contribution in [0.4, 0.5) is 0 Å². The zero-order valence-electron chi connectivity index (χ0n) is 7.62. The molecule has 1 amide bonds. The van der Waals surface area contributed by atoms with E-state index in [1.165, 1.54) is 0 Å². The normalized spacial score (nSPS) is 23.7. The van der Waals surface area contributed by atoms with Gasteiger partial charge < -0.3 is 10.0 Å². The van der Waals surface area contributed by atoms with Gasteiger partial charge in [-0.2, -0.15) is 0 Å². The van der Waals surface area contributed by atoms with E-state index >= 15 is 0 Å². The number of carbonyl (C=O) groups is 1. The molecule has 0 bridgehead atoms. The molecule has 0 aromatic rings. The third kappa shape index (κ3) is 1.97. The first-order valence-electron chi connectivity index (χ1n) is 4.70. The van der Waals surface area contributed by atoms with E-state index in [4.69, 9.17) is 5.11 Å². The van der Waals surface area contributed by atoms with E-state index in [0.717, 1.165) is 25.7 Å². The Balaban J connectivity index is 2.38. The standard InChI is InChI=1S/C9H17NO2/c1-2-3-4-8-5-6-9(12)10(8)7-11/h8,11H,2-7H2,1H3/t8-/m1/s1. The van der Waals surface area contributed by atoms with Crippen molar-refractivity contribution >= 4 is 5.91 Å². The van der Waals surface area contributed by atoms with Crippen LogP contribution in [0.5, 0.6) is 0 Å². The summed E-state index contributed by atoms with van der Waals surface area (Å²) in [5.74, 6) is 0.110. The van der Waals surface area contributed by atoms with Gasteiger partial charge in [0.15, 0.2) is 0 Å². The molecule has 1 fully saturated rings. The number of rotatable bonds is 4. The quantitative estimate of drug-likeness (QED) is 0.688.